The van der Waals surface area contributed by atoms with Crippen LogP contribution in [0.4, 0.5) is 0 Å². The van der Waals surface area contributed by atoms with Gasteiger partial charge in [-0.2, -0.15) is 0 Å². The lowest BCUT2D eigenvalue weighted by Gasteiger charge is -2.18. The summed E-state index contributed by atoms with van der Waals surface area (Å²) >= 11 is 12.0. The smallest absolute Gasteiger partial charge is 0.261 e. The van der Waals surface area contributed by atoms with Gasteiger partial charge in [0, 0.05) is 10.6 Å². The summed E-state index contributed by atoms with van der Waals surface area (Å²) in [5.74, 6) is 0.865. The average Bonchev–Trinajstić information content (AvgIpc) is 2.64. The number of hydrogen-bond acceptors (Lipinski definition) is 5. The minimum Gasteiger partial charge on any atom is -0.486 e. The second-order valence-electron chi connectivity index (χ2n) is 5.74. The van der Waals surface area contributed by atoms with E-state index in [4.69, 9.17) is 32.7 Å². The second-order valence-corrected chi connectivity index (χ2v) is 6.59. The summed E-state index contributed by atoms with van der Waals surface area (Å²) in [6, 6.07) is 7.95. The maximum Gasteiger partial charge on any atom is 0.261 e. The molecule has 0 N–H and O–H groups in total. The van der Waals surface area contributed by atoms with Crippen LogP contribution >= 0.6 is 23.2 Å². The third kappa shape index (κ3) is 3.02. The van der Waals surface area contributed by atoms with Crippen LogP contribution in [-0.4, -0.2) is 28.5 Å². The maximum atomic E-state index is 12.6. The van der Waals surface area contributed by atoms with Crippen molar-refractivity contribution >= 4 is 39.9 Å². The summed E-state index contributed by atoms with van der Waals surface area (Å²) in [4.78, 5) is 29.4. The predicted molar refractivity (Wildman–Crippen MR) is 97.8 cm³/mol. The first kappa shape index (κ1) is 16.9. The molecule has 0 fully saturated rings. The first-order valence-corrected chi connectivity index (χ1v) is 8.55. The summed E-state index contributed by atoms with van der Waals surface area (Å²) in [5, 5.41) is 0.882. The molecule has 0 unspecified atom stereocenters. The number of carbonyl (C=O) groups excluding carboxylic acids is 1. The van der Waals surface area contributed by atoms with Crippen molar-refractivity contribution < 1.29 is 14.3 Å². The van der Waals surface area contributed by atoms with Gasteiger partial charge < -0.3 is 9.47 Å². The molecule has 4 rings (SSSR count). The number of fused-ring (bicyclic) bond motifs is 2. The number of aromatic nitrogens is 2. The fourth-order valence-corrected chi connectivity index (χ4v) is 3.31. The highest BCUT2D eigenvalue weighted by Crippen LogP contribution is 2.31. The SMILES string of the molecule is O=C(Cn1cnc2c(Cl)cc(Cl)cc2c1=O)c1ccc2c(c1)OCCO2. The molecule has 1 aromatic heterocycles. The zero-order valence-corrected chi connectivity index (χ0v) is 14.9. The molecule has 1 aliphatic heterocycles. The normalized spacial score (nSPS) is 13.0. The molecule has 132 valence electrons. The molecule has 6 nitrogen and oxygen atoms in total. The van der Waals surface area contributed by atoms with Crippen molar-refractivity contribution in [2.24, 2.45) is 0 Å². The van der Waals surface area contributed by atoms with Crippen LogP contribution in [0.5, 0.6) is 11.5 Å². The van der Waals surface area contributed by atoms with Crippen molar-refractivity contribution in [1.82, 2.24) is 9.55 Å². The Hall–Kier alpha value is -2.57. The number of ketones is 1. The van der Waals surface area contributed by atoms with E-state index in [2.05, 4.69) is 4.98 Å². The van der Waals surface area contributed by atoms with Gasteiger partial charge in [0.2, 0.25) is 0 Å². The highest BCUT2D eigenvalue weighted by molar-refractivity contribution is 6.38. The Labute approximate surface area is 157 Å². The van der Waals surface area contributed by atoms with Crippen molar-refractivity contribution in [2.75, 3.05) is 13.2 Å². The Bertz CT molecular complexity index is 1090. The molecule has 0 amide bonds. The lowest BCUT2D eigenvalue weighted by molar-refractivity contribution is 0.0969. The topological polar surface area (TPSA) is 70.4 Å². The van der Waals surface area contributed by atoms with Gasteiger partial charge >= 0.3 is 0 Å². The summed E-state index contributed by atoms with van der Waals surface area (Å²) in [6.07, 6.45) is 1.31. The molecular weight excluding hydrogens is 379 g/mol. The number of Topliss-reactive ketones (excluding diaryl/α,β-unsaturated/α-hetero) is 1. The van der Waals surface area contributed by atoms with Gasteiger partial charge in [0.15, 0.2) is 17.3 Å². The Balaban J connectivity index is 1.68. The van der Waals surface area contributed by atoms with E-state index in [9.17, 15) is 9.59 Å². The van der Waals surface area contributed by atoms with E-state index in [-0.39, 0.29) is 28.3 Å². The maximum absolute atomic E-state index is 12.6. The van der Waals surface area contributed by atoms with Gasteiger partial charge in [-0.05, 0) is 30.3 Å². The summed E-state index contributed by atoms with van der Waals surface area (Å²) < 4.78 is 12.2. The van der Waals surface area contributed by atoms with Gasteiger partial charge in [-0.25, -0.2) is 4.98 Å². The van der Waals surface area contributed by atoms with Crippen LogP contribution < -0.4 is 15.0 Å². The minimum atomic E-state index is -0.384. The monoisotopic (exact) mass is 390 g/mol. The van der Waals surface area contributed by atoms with Crippen LogP contribution in [-0.2, 0) is 6.54 Å². The molecule has 2 aromatic carbocycles. The lowest BCUT2D eigenvalue weighted by atomic mass is 10.1. The molecule has 0 atom stereocenters. The predicted octanol–water partition coefficient (Wildman–Crippen LogP) is 3.36. The summed E-state index contributed by atoms with van der Waals surface area (Å²) in [7, 11) is 0. The number of carbonyl (C=O) groups is 1. The van der Waals surface area contributed by atoms with Crippen molar-refractivity contribution in [3.63, 3.8) is 0 Å². The zero-order valence-electron chi connectivity index (χ0n) is 13.4. The van der Waals surface area contributed by atoms with E-state index in [1.807, 2.05) is 0 Å². The first-order chi connectivity index (χ1) is 12.5. The van der Waals surface area contributed by atoms with Crippen molar-refractivity contribution in [2.45, 2.75) is 6.54 Å². The number of ether oxygens (including phenoxy) is 2. The molecular formula is C18H12Cl2N2O4. The Morgan fingerprint density at radius 1 is 1.12 bits per heavy atom. The summed E-state index contributed by atoms with van der Waals surface area (Å²) in [6.45, 7) is 0.745. The zero-order chi connectivity index (χ0) is 18.3. The standard InChI is InChI=1S/C18H12Cl2N2O4/c19-11-6-12-17(13(20)7-11)21-9-22(18(12)24)8-14(23)10-1-2-15-16(5-10)26-4-3-25-15/h1-2,5-7,9H,3-4,8H2. The highest BCUT2D eigenvalue weighted by atomic mass is 35.5. The van der Waals surface area contributed by atoms with Gasteiger partial charge in [0.25, 0.3) is 5.56 Å². The van der Waals surface area contributed by atoms with E-state index >= 15 is 0 Å². The molecule has 0 saturated heterocycles. The molecule has 0 bridgehead atoms. The largest absolute Gasteiger partial charge is 0.486 e. The van der Waals surface area contributed by atoms with Crippen LogP contribution in [0.1, 0.15) is 10.4 Å². The Morgan fingerprint density at radius 3 is 2.69 bits per heavy atom. The Morgan fingerprint density at radius 2 is 1.88 bits per heavy atom. The Kier molecular flexibility index (Phi) is 4.30. The molecule has 0 aliphatic carbocycles. The average molecular weight is 391 g/mol. The fourth-order valence-electron chi connectivity index (χ4n) is 2.77. The molecule has 0 radical (unpaired) electrons. The summed E-state index contributed by atoms with van der Waals surface area (Å²) in [5.41, 5.74) is 0.389. The number of hydrogen-bond donors (Lipinski definition) is 0. The molecule has 2 heterocycles. The highest BCUT2D eigenvalue weighted by Gasteiger charge is 2.16. The van der Waals surface area contributed by atoms with Gasteiger partial charge in [-0.3, -0.25) is 14.2 Å². The lowest BCUT2D eigenvalue weighted by Crippen LogP contribution is -2.25. The first-order valence-electron chi connectivity index (χ1n) is 7.80. The van der Waals surface area contributed by atoms with E-state index in [0.717, 1.165) is 0 Å². The number of halogens is 2. The van der Waals surface area contributed by atoms with E-state index in [1.54, 1.807) is 18.2 Å². The van der Waals surface area contributed by atoms with Crippen LogP contribution in [0, 0.1) is 0 Å². The molecule has 1 aliphatic rings. The van der Waals surface area contributed by atoms with Crippen LogP contribution in [0.25, 0.3) is 10.9 Å². The van der Waals surface area contributed by atoms with Crippen LogP contribution in [0.3, 0.4) is 0 Å². The van der Waals surface area contributed by atoms with Crippen molar-refractivity contribution in [3.05, 3.63) is 62.6 Å². The van der Waals surface area contributed by atoms with Crippen LogP contribution in [0.2, 0.25) is 10.0 Å². The van der Waals surface area contributed by atoms with Crippen LogP contribution in [0.15, 0.2) is 41.5 Å². The van der Waals surface area contributed by atoms with Gasteiger partial charge in [0.1, 0.15) is 13.2 Å². The van der Waals surface area contributed by atoms with Gasteiger partial charge in [-0.15, -0.1) is 0 Å². The molecule has 8 heteroatoms. The molecule has 0 spiro atoms. The molecule has 0 saturated carbocycles. The molecule has 3 aromatic rings. The van der Waals surface area contributed by atoms with E-state index < -0.39 is 0 Å². The van der Waals surface area contributed by atoms with Gasteiger partial charge in [-0.1, -0.05) is 23.2 Å². The van der Waals surface area contributed by atoms with Gasteiger partial charge in [0.05, 0.1) is 28.8 Å². The number of nitrogens with zero attached hydrogens (tertiary/aromatic N) is 2. The third-order valence-electron chi connectivity index (χ3n) is 4.02. The number of rotatable bonds is 3. The molecule has 26 heavy (non-hydrogen) atoms. The van der Waals surface area contributed by atoms with Crippen molar-refractivity contribution in [1.29, 1.82) is 0 Å². The quantitative estimate of drug-likeness (QED) is 0.641. The third-order valence-corrected chi connectivity index (χ3v) is 4.53. The minimum absolute atomic E-state index is 0.161. The van der Waals surface area contributed by atoms with E-state index in [0.29, 0.717) is 40.8 Å². The van der Waals surface area contributed by atoms with E-state index in [1.165, 1.54) is 23.0 Å². The van der Waals surface area contributed by atoms with Crippen molar-refractivity contribution in [3.8, 4) is 11.5 Å². The fraction of sp³-hybridized carbons (Fsp3) is 0.167. The second kappa shape index (κ2) is 6.63. The number of benzene rings is 2.